The molecule has 1 aliphatic heterocycles. The number of rotatable bonds is 4. The zero-order valence-electron chi connectivity index (χ0n) is 12.5. The highest BCUT2D eigenvalue weighted by Gasteiger charge is 2.18. The van der Waals surface area contributed by atoms with Crippen LogP contribution in [0.15, 0.2) is 41.0 Å². The Balaban J connectivity index is 1.61. The Labute approximate surface area is 143 Å². The Morgan fingerprint density at radius 3 is 2.74 bits per heavy atom. The lowest BCUT2D eigenvalue weighted by atomic mass is 10.2. The second kappa shape index (κ2) is 7.41. The molecule has 6 nitrogen and oxygen atoms in total. The van der Waals surface area contributed by atoms with Crippen LogP contribution in [0, 0.1) is 0 Å². The first-order valence-electron chi connectivity index (χ1n) is 7.47. The average molecular weight is 377 g/mol. The molecule has 0 radical (unpaired) electrons. The summed E-state index contributed by atoms with van der Waals surface area (Å²) < 4.78 is 5.99. The summed E-state index contributed by atoms with van der Waals surface area (Å²) in [6.07, 6.45) is 3.38. The topological polar surface area (TPSA) is 67.4 Å². The van der Waals surface area contributed by atoms with Crippen molar-refractivity contribution in [3.8, 4) is 0 Å². The van der Waals surface area contributed by atoms with Gasteiger partial charge < -0.3 is 9.64 Å². The van der Waals surface area contributed by atoms with E-state index in [-0.39, 0.29) is 12.6 Å². The molecule has 1 fully saturated rings. The number of halogens is 1. The summed E-state index contributed by atoms with van der Waals surface area (Å²) in [6, 6.07) is 9.51. The quantitative estimate of drug-likeness (QED) is 0.882. The number of carbonyl (C=O) groups excluding carboxylic acids is 1. The van der Waals surface area contributed by atoms with Crippen LogP contribution in [0.4, 0.5) is 16.6 Å². The van der Waals surface area contributed by atoms with Gasteiger partial charge in [-0.05, 0) is 34.3 Å². The molecule has 0 bridgehead atoms. The maximum absolute atomic E-state index is 11.9. The Hall–Kier alpha value is -2.15. The van der Waals surface area contributed by atoms with Gasteiger partial charge in [0.05, 0.1) is 4.47 Å². The molecule has 0 unspecified atom stereocenters. The fourth-order valence-electron chi connectivity index (χ4n) is 2.42. The fourth-order valence-corrected chi connectivity index (χ4v) is 2.86. The van der Waals surface area contributed by atoms with Crippen molar-refractivity contribution >= 4 is 33.8 Å². The summed E-state index contributed by atoms with van der Waals surface area (Å²) in [7, 11) is 0. The van der Waals surface area contributed by atoms with E-state index in [1.54, 1.807) is 6.20 Å². The molecule has 3 rings (SSSR count). The predicted octanol–water partition coefficient (Wildman–Crippen LogP) is 3.59. The zero-order chi connectivity index (χ0) is 16.1. The van der Waals surface area contributed by atoms with E-state index < -0.39 is 6.09 Å². The van der Waals surface area contributed by atoms with Gasteiger partial charge in [-0.2, -0.15) is 4.98 Å². The van der Waals surface area contributed by atoms with E-state index in [0.717, 1.165) is 41.8 Å². The minimum atomic E-state index is -0.566. The number of nitrogens with one attached hydrogen (secondary N) is 1. The third kappa shape index (κ3) is 4.19. The number of aromatic nitrogens is 2. The van der Waals surface area contributed by atoms with Gasteiger partial charge in [0.2, 0.25) is 5.95 Å². The van der Waals surface area contributed by atoms with Gasteiger partial charge in [-0.1, -0.05) is 30.3 Å². The summed E-state index contributed by atoms with van der Waals surface area (Å²) in [5.41, 5.74) is 0.928. The normalized spacial score (nSPS) is 13.9. The highest BCUT2D eigenvalue weighted by Crippen LogP contribution is 2.27. The van der Waals surface area contributed by atoms with Crippen molar-refractivity contribution in [2.75, 3.05) is 23.3 Å². The molecular weight excluding hydrogens is 360 g/mol. The van der Waals surface area contributed by atoms with E-state index in [1.807, 2.05) is 30.3 Å². The van der Waals surface area contributed by atoms with Crippen molar-refractivity contribution in [2.45, 2.75) is 19.4 Å². The molecule has 0 spiro atoms. The number of nitrogens with zero attached hydrogens (tertiary/aromatic N) is 3. The first-order valence-corrected chi connectivity index (χ1v) is 8.27. The first-order chi connectivity index (χ1) is 11.2. The summed E-state index contributed by atoms with van der Waals surface area (Å²) >= 11 is 3.46. The van der Waals surface area contributed by atoms with Gasteiger partial charge in [0.15, 0.2) is 0 Å². The lowest BCUT2D eigenvalue weighted by Gasteiger charge is -2.18. The van der Waals surface area contributed by atoms with Gasteiger partial charge >= 0.3 is 6.09 Å². The third-order valence-corrected chi connectivity index (χ3v) is 4.12. The molecule has 2 heterocycles. The van der Waals surface area contributed by atoms with Crippen molar-refractivity contribution in [3.05, 3.63) is 46.6 Å². The molecule has 1 amide bonds. The summed E-state index contributed by atoms with van der Waals surface area (Å²) in [6.45, 7) is 2.14. The van der Waals surface area contributed by atoms with E-state index >= 15 is 0 Å². The van der Waals surface area contributed by atoms with E-state index in [4.69, 9.17) is 4.74 Å². The van der Waals surface area contributed by atoms with Gasteiger partial charge in [0.1, 0.15) is 12.4 Å². The summed E-state index contributed by atoms with van der Waals surface area (Å²) in [5, 5.41) is 2.57. The Bertz CT molecular complexity index is 675. The number of hydrogen-bond donors (Lipinski definition) is 1. The molecule has 1 saturated heterocycles. The van der Waals surface area contributed by atoms with Crippen molar-refractivity contribution in [3.63, 3.8) is 0 Å². The molecule has 0 aliphatic carbocycles. The second-order valence-corrected chi connectivity index (χ2v) is 6.10. The van der Waals surface area contributed by atoms with Gasteiger partial charge in [-0.15, -0.1) is 0 Å². The van der Waals surface area contributed by atoms with Crippen LogP contribution in [0.3, 0.4) is 0 Å². The van der Waals surface area contributed by atoms with Crippen LogP contribution in [-0.4, -0.2) is 29.2 Å². The number of hydrogen-bond acceptors (Lipinski definition) is 5. The SMILES string of the molecule is O=C(Nc1ncc(Br)c(N2CCCC2)n1)OCc1ccccc1. The molecule has 1 N–H and O–H groups in total. The molecule has 0 saturated carbocycles. The molecule has 1 aromatic heterocycles. The second-order valence-electron chi connectivity index (χ2n) is 5.25. The minimum absolute atomic E-state index is 0.210. The van der Waals surface area contributed by atoms with E-state index in [0.29, 0.717) is 0 Å². The minimum Gasteiger partial charge on any atom is -0.444 e. The largest absolute Gasteiger partial charge is 0.444 e. The number of benzene rings is 1. The summed E-state index contributed by atoms with van der Waals surface area (Å²) in [4.78, 5) is 22.6. The number of anilines is 2. The highest BCUT2D eigenvalue weighted by molar-refractivity contribution is 9.10. The van der Waals surface area contributed by atoms with Crippen molar-refractivity contribution in [1.82, 2.24) is 9.97 Å². The van der Waals surface area contributed by atoms with Gasteiger partial charge in [-0.25, -0.2) is 9.78 Å². The maximum Gasteiger partial charge on any atom is 0.414 e. The molecular formula is C16H17BrN4O2. The first kappa shape index (κ1) is 15.7. The summed E-state index contributed by atoms with van der Waals surface area (Å²) in [5.74, 6) is 1.05. The molecule has 0 atom stereocenters. The van der Waals surface area contributed by atoms with Crippen LogP contribution in [0.2, 0.25) is 0 Å². The van der Waals surface area contributed by atoms with E-state index in [1.165, 1.54) is 0 Å². The number of ether oxygens (including phenoxy) is 1. The predicted molar refractivity (Wildman–Crippen MR) is 91.4 cm³/mol. The molecule has 2 aromatic rings. The Kier molecular flexibility index (Phi) is 5.07. The van der Waals surface area contributed by atoms with Crippen molar-refractivity contribution in [2.24, 2.45) is 0 Å². The number of carbonyl (C=O) groups is 1. The van der Waals surface area contributed by atoms with E-state index in [9.17, 15) is 4.79 Å². The van der Waals surface area contributed by atoms with E-state index in [2.05, 4.69) is 36.1 Å². The van der Waals surface area contributed by atoms with Crippen LogP contribution in [0.25, 0.3) is 0 Å². The molecule has 1 aliphatic rings. The monoisotopic (exact) mass is 376 g/mol. The van der Waals surface area contributed by atoms with Crippen molar-refractivity contribution in [1.29, 1.82) is 0 Å². The van der Waals surface area contributed by atoms with Crippen LogP contribution >= 0.6 is 15.9 Å². The van der Waals surface area contributed by atoms with Gasteiger partial charge in [0.25, 0.3) is 0 Å². The molecule has 7 heteroatoms. The maximum atomic E-state index is 11.9. The number of amides is 1. The molecule has 1 aromatic carbocycles. The Morgan fingerprint density at radius 1 is 1.26 bits per heavy atom. The van der Waals surface area contributed by atoms with Gasteiger partial charge in [0, 0.05) is 19.3 Å². The lowest BCUT2D eigenvalue weighted by Crippen LogP contribution is -2.21. The standard InChI is InChI=1S/C16H17BrN4O2/c17-13-10-18-15(19-14(13)21-8-4-5-9-21)20-16(22)23-11-12-6-2-1-3-7-12/h1-3,6-7,10H,4-5,8-9,11H2,(H,18,19,20,22). The van der Waals surface area contributed by atoms with Crippen LogP contribution in [0.5, 0.6) is 0 Å². The smallest absolute Gasteiger partial charge is 0.414 e. The van der Waals surface area contributed by atoms with Crippen LogP contribution in [-0.2, 0) is 11.3 Å². The van der Waals surface area contributed by atoms with Gasteiger partial charge in [-0.3, -0.25) is 5.32 Å². The Morgan fingerprint density at radius 2 is 2.00 bits per heavy atom. The third-order valence-electron chi connectivity index (χ3n) is 3.56. The van der Waals surface area contributed by atoms with Crippen LogP contribution in [0.1, 0.15) is 18.4 Å². The van der Waals surface area contributed by atoms with Crippen LogP contribution < -0.4 is 10.2 Å². The lowest BCUT2D eigenvalue weighted by molar-refractivity contribution is 0.155. The fraction of sp³-hybridized carbons (Fsp3) is 0.312. The van der Waals surface area contributed by atoms with Crippen molar-refractivity contribution < 1.29 is 9.53 Å². The zero-order valence-corrected chi connectivity index (χ0v) is 14.1. The molecule has 120 valence electrons. The highest BCUT2D eigenvalue weighted by atomic mass is 79.9. The molecule has 23 heavy (non-hydrogen) atoms. The average Bonchev–Trinajstić information content (AvgIpc) is 3.10.